The number of thiophene rings is 1. The number of rotatable bonds is 9. The average Bonchev–Trinajstić information content (AvgIpc) is 3.20. The van der Waals surface area contributed by atoms with Gasteiger partial charge in [0, 0.05) is 13.1 Å². The minimum atomic E-state index is -3.75. The van der Waals surface area contributed by atoms with Crippen LogP contribution >= 0.6 is 11.3 Å². The van der Waals surface area contributed by atoms with Gasteiger partial charge in [-0.25, -0.2) is 18.0 Å². The summed E-state index contributed by atoms with van der Waals surface area (Å²) >= 11 is 1.10. The van der Waals surface area contributed by atoms with Crippen LogP contribution < -0.4 is 5.32 Å². The molecule has 1 heterocycles. The minimum absolute atomic E-state index is 0.0285. The number of nitrogens with zero attached hydrogens (tertiary/aromatic N) is 1. The fraction of sp³-hybridized carbons (Fsp3) is 0.350. The van der Waals surface area contributed by atoms with Crippen LogP contribution in [0.25, 0.3) is 0 Å². The molecule has 1 N–H and O–H groups in total. The third-order valence-electron chi connectivity index (χ3n) is 4.42. The van der Waals surface area contributed by atoms with E-state index in [2.05, 4.69) is 10.1 Å². The first-order valence-electron chi connectivity index (χ1n) is 9.39. The van der Waals surface area contributed by atoms with E-state index in [0.29, 0.717) is 18.7 Å². The molecule has 9 nitrogen and oxygen atoms in total. The van der Waals surface area contributed by atoms with Gasteiger partial charge in [0.25, 0.3) is 5.91 Å². The molecule has 2 rings (SSSR count). The van der Waals surface area contributed by atoms with Gasteiger partial charge in [-0.1, -0.05) is 19.9 Å². The number of ether oxygens (including phenoxy) is 2. The zero-order chi connectivity index (χ0) is 23.2. The monoisotopic (exact) mass is 468 g/mol. The van der Waals surface area contributed by atoms with Gasteiger partial charge in [0.15, 0.2) is 6.61 Å². The van der Waals surface area contributed by atoms with Gasteiger partial charge < -0.3 is 14.8 Å². The maximum atomic E-state index is 12.7. The van der Waals surface area contributed by atoms with E-state index in [-0.39, 0.29) is 21.0 Å². The molecule has 11 heteroatoms. The van der Waals surface area contributed by atoms with Crippen molar-refractivity contribution in [1.29, 1.82) is 0 Å². The van der Waals surface area contributed by atoms with E-state index >= 15 is 0 Å². The van der Waals surface area contributed by atoms with Gasteiger partial charge in [0.1, 0.15) is 4.88 Å². The van der Waals surface area contributed by atoms with E-state index in [0.717, 1.165) is 11.3 Å². The Morgan fingerprint density at radius 3 is 2.39 bits per heavy atom. The van der Waals surface area contributed by atoms with Crippen molar-refractivity contribution in [2.45, 2.75) is 25.7 Å². The van der Waals surface area contributed by atoms with Crippen LogP contribution in [0.3, 0.4) is 0 Å². The van der Waals surface area contributed by atoms with Crippen LogP contribution in [0.2, 0.25) is 0 Å². The van der Waals surface area contributed by atoms with E-state index < -0.39 is 34.5 Å². The van der Waals surface area contributed by atoms with Crippen LogP contribution in [0.15, 0.2) is 34.5 Å². The highest BCUT2D eigenvalue weighted by Crippen LogP contribution is 2.23. The van der Waals surface area contributed by atoms with Gasteiger partial charge in [0.05, 0.1) is 23.3 Å². The normalized spacial score (nSPS) is 11.3. The number of sulfonamides is 1. The number of hydrogen-bond donors (Lipinski definition) is 1. The van der Waals surface area contributed by atoms with Crippen LogP contribution in [0, 0.1) is 6.92 Å². The largest absolute Gasteiger partial charge is 0.465 e. The number of aryl methyl sites for hydroxylation is 1. The number of carbonyl (C=O) groups is 3. The Morgan fingerprint density at radius 1 is 1.10 bits per heavy atom. The summed E-state index contributed by atoms with van der Waals surface area (Å²) in [5.41, 5.74) is 0.808. The van der Waals surface area contributed by atoms with Crippen molar-refractivity contribution in [2.24, 2.45) is 0 Å². The van der Waals surface area contributed by atoms with Crippen LogP contribution in [0.5, 0.6) is 0 Å². The summed E-state index contributed by atoms with van der Waals surface area (Å²) in [5, 5.41) is 4.09. The maximum absolute atomic E-state index is 12.7. The van der Waals surface area contributed by atoms with E-state index in [1.54, 1.807) is 26.2 Å². The van der Waals surface area contributed by atoms with Gasteiger partial charge >= 0.3 is 11.9 Å². The predicted molar refractivity (Wildman–Crippen MR) is 116 cm³/mol. The quantitative estimate of drug-likeness (QED) is 0.562. The molecule has 0 atom stereocenters. The molecule has 0 aliphatic rings. The lowest BCUT2D eigenvalue weighted by molar-refractivity contribution is -0.119. The van der Waals surface area contributed by atoms with Crippen LogP contribution in [-0.4, -0.2) is 57.4 Å². The fourth-order valence-electron chi connectivity index (χ4n) is 2.75. The van der Waals surface area contributed by atoms with Gasteiger partial charge in [-0.15, -0.1) is 11.3 Å². The second-order valence-electron chi connectivity index (χ2n) is 6.35. The molecular formula is C20H24N2O7S2. The smallest absolute Gasteiger partial charge is 0.350 e. The molecule has 31 heavy (non-hydrogen) atoms. The summed E-state index contributed by atoms with van der Waals surface area (Å²) in [6.45, 7) is 5.07. The molecule has 0 spiro atoms. The lowest BCUT2D eigenvalue weighted by Crippen LogP contribution is -2.30. The van der Waals surface area contributed by atoms with Crippen molar-refractivity contribution in [3.63, 3.8) is 0 Å². The van der Waals surface area contributed by atoms with Gasteiger partial charge in [-0.2, -0.15) is 4.31 Å². The van der Waals surface area contributed by atoms with Crippen molar-refractivity contribution in [1.82, 2.24) is 4.31 Å². The molecule has 0 radical (unpaired) electrons. The first-order valence-corrected chi connectivity index (χ1v) is 11.7. The molecule has 1 aromatic heterocycles. The summed E-state index contributed by atoms with van der Waals surface area (Å²) in [6, 6.07) is 5.72. The lowest BCUT2D eigenvalue weighted by atomic mass is 10.1. The Hall–Kier alpha value is -2.76. The summed E-state index contributed by atoms with van der Waals surface area (Å²) in [6.07, 6.45) is 0. The van der Waals surface area contributed by atoms with E-state index in [1.807, 2.05) is 0 Å². The first kappa shape index (κ1) is 24.5. The second kappa shape index (κ2) is 10.5. The second-order valence-corrected chi connectivity index (χ2v) is 9.20. The molecule has 0 aliphatic heterocycles. The third-order valence-corrected chi connectivity index (χ3v) is 7.36. The van der Waals surface area contributed by atoms with E-state index in [1.165, 1.54) is 35.7 Å². The molecule has 0 bridgehead atoms. The number of benzene rings is 1. The zero-order valence-corrected chi connectivity index (χ0v) is 19.3. The Labute approximate surface area is 185 Å². The minimum Gasteiger partial charge on any atom is -0.465 e. The molecule has 2 aromatic rings. The van der Waals surface area contributed by atoms with Gasteiger partial charge in [-0.05, 0) is 36.1 Å². The zero-order valence-electron chi connectivity index (χ0n) is 17.6. The highest BCUT2D eigenvalue weighted by Gasteiger charge is 2.24. The van der Waals surface area contributed by atoms with Crippen molar-refractivity contribution in [3.8, 4) is 0 Å². The van der Waals surface area contributed by atoms with Crippen molar-refractivity contribution < 1.29 is 32.3 Å². The van der Waals surface area contributed by atoms with Crippen LogP contribution in [0.1, 0.15) is 39.4 Å². The highest BCUT2D eigenvalue weighted by atomic mass is 32.2. The Kier molecular flexibility index (Phi) is 8.31. The summed E-state index contributed by atoms with van der Waals surface area (Å²) < 4.78 is 36.4. The lowest BCUT2D eigenvalue weighted by Gasteiger charge is -2.19. The molecule has 0 saturated heterocycles. The predicted octanol–water partition coefficient (Wildman–Crippen LogP) is 2.67. The topological polar surface area (TPSA) is 119 Å². The number of carbonyl (C=O) groups excluding carboxylic acids is 3. The van der Waals surface area contributed by atoms with Crippen LogP contribution in [-0.2, 0) is 24.3 Å². The van der Waals surface area contributed by atoms with Gasteiger partial charge in [-0.3, -0.25) is 4.79 Å². The van der Waals surface area contributed by atoms with E-state index in [9.17, 15) is 22.8 Å². The number of nitrogens with one attached hydrogen (secondary N) is 1. The fourth-order valence-corrected chi connectivity index (χ4v) is 5.00. The third kappa shape index (κ3) is 5.69. The average molecular weight is 469 g/mol. The molecule has 0 aliphatic carbocycles. The molecule has 1 amide bonds. The van der Waals surface area contributed by atoms with Crippen LogP contribution in [0.4, 0.5) is 5.69 Å². The number of hydrogen-bond acceptors (Lipinski definition) is 8. The SMILES string of the molecule is CCN(CC)S(=O)(=O)c1ccc(C)c(C(=O)OCC(=O)Nc2ccsc2C(=O)OC)c1. The van der Waals surface area contributed by atoms with Crippen molar-refractivity contribution >= 4 is 44.9 Å². The molecular weight excluding hydrogens is 444 g/mol. The number of amides is 1. The molecule has 168 valence electrons. The van der Waals surface area contributed by atoms with E-state index in [4.69, 9.17) is 4.74 Å². The Balaban J connectivity index is 2.11. The standard InChI is InChI=1S/C20H24N2O7S2/c1-5-22(6-2)31(26,27)14-8-7-13(3)15(11-14)19(24)29-12-17(23)21-16-9-10-30-18(16)20(25)28-4/h7-11H,5-6,12H2,1-4H3,(H,21,23). The number of esters is 2. The van der Waals surface area contributed by atoms with Gasteiger partial charge in [0.2, 0.25) is 10.0 Å². The molecule has 1 aromatic carbocycles. The Bertz CT molecular complexity index is 1070. The summed E-state index contributed by atoms with van der Waals surface area (Å²) in [7, 11) is -2.52. The van der Waals surface area contributed by atoms with Crippen molar-refractivity contribution in [3.05, 3.63) is 45.6 Å². The molecule has 0 saturated carbocycles. The summed E-state index contributed by atoms with van der Waals surface area (Å²) in [5.74, 6) is -2.08. The number of anilines is 1. The van der Waals surface area contributed by atoms with Crippen molar-refractivity contribution in [2.75, 3.05) is 32.1 Å². The number of methoxy groups -OCH3 is 1. The maximum Gasteiger partial charge on any atom is 0.350 e. The molecule has 0 fully saturated rings. The highest BCUT2D eigenvalue weighted by molar-refractivity contribution is 7.89. The first-order chi connectivity index (χ1) is 14.6. The molecule has 0 unspecified atom stereocenters. The summed E-state index contributed by atoms with van der Waals surface area (Å²) in [4.78, 5) is 36.5. The Morgan fingerprint density at radius 2 is 1.77 bits per heavy atom.